The van der Waals surface area contributed by atoms with Crippen molar-refractivity contribution < 1.29 is 14.4 Å². The predicted molar refractivity (Wildman–Crippen MR) is 109 cm³/mol. The number of nitrogens with one attached hydrogen (secondary N) is 1. The number of hydrogen-bond acceptors (Lipinski definition) is 4. The minimum absolute atomic E-state index is 0.0461. The molecule has 1 saturated carbocycles. The van der Waals surface area contributed by atoms with Gasteiger partial charge in [0.25, 0.3) is 5.91 Å². The Morgan fingerprint density at radius 1 is 1.28 bits per heavy atom. The molecule has 3 rings (SSSR count). The van der Waals surface area contributed by atoms with E-state index in [0.29, 0.717) is 38.2 Å². The van der Waals surface area contributed by atoms with Crippen molar-refractivity contribution in [3.8, 4) is 0 Å². The molecule has 0 spiro atoms. The summed E-state index contributed by atoms with van der Waals surface area (Å²) in [5.74, 6) is -0.126. The second-order valence-corrected chi connectivity index (χ2v) is 8.09. The van der Waals surface area contributed by atoms with E-state index in [1.807, 2.05) is 18.7 Å². The van der Waals surface area contributed by atoms with Gasteiger partial charge >= 0.3 is 0 Å². The zero-order chi connectivity index (χ0) is 21.0. The van der Waals surface area contributed by atoms with E-state index in [9.17, 15) is 14.4 Å². The standard InChI is InChI=1S/C21H33N5O3/c1-4-7-10-24(5-2)20(28)15-11-16-13-25(14-19(27)23-17(16)12-15)21(29)18-8-9-22-26(18)6-3/h8-9,15-17H,4-7,10-14H2,1-3H3,(H,23,27)/t15-,16+,17+/m0/s1. The van der Waals surface area contributed by atoms with E-state index < -0.39 is 0 Å². The molecule has 2 fully saturated rings. The van der Waals surface area contributed by atoms with E-state index in [1.54, 1.807) is 21.8 Å². The van der Waals surface area contributed by atoms with E-state index >= 15 is 0 Å². The maximum absolute atomic E-state index is 13.0. The quantitative estimate of drug-likeness (QED) is 0.748. The Morgan fingerprint density at radius 3 is 2.76 bits per heavy atom. The van der Waals surface area contributed by atoms with Crippen LogP contribution in [0.4, 0.5) is 0 Å². The summed E-state index contributed by atoms with van der Waals surface area (Å²) >= 11 is 0. The summed E-state index contributed by atoms with van der Waals surface area (Å²) in [4.78, 5) is 42.0. The minimum atomic E-state index is -0.173. The number of nitrogens with zero attached hydrogens (tertiary/aromatic N) is 4. The van der Waals surface area contributed by atoms with Gasteiger partial charge in [0.15, 0.2) is 0 Å². The van der Waals surface area contributed by atoms with Crippen molar-refractivity contribution in [3.63, 3.8) is 0 Å². The summed E-state index contributed by atoms with van der Waals surface area (Å²) < 4.78 is 1.65. The zero-order valence-corrected chi connectivity index (χ0v) is 17.8. The van der Waals surface area contributed by atoms with Gasteiger partial charge in [-0.2, -0.15) is 5.10 Å². The highest BCUT2D eigenvalue weighted by molar-refractivity contribution is 5.95. The highest BCUT2D eigenvalue weighted by Crippen LogP contribution is 2.34. The van der Waals surface area contributed by atoms with Crippen LogP contribution < -0.4 is 5.32 Å². The fourth-order valence-corrected chi connectivity index (χ4v) is 4.59. The Hall–Kier alpha value is -2.38. The van der Waals surface area contributed by atoms with Gasteiger partial charge in [0.05, 0.1) is 6.54 Å². The lowest BCUT2D eigenvalue weighted by atomic mass is 10.0. The molecule has 8 nitrogen and oxygen atoms in total. The number of carbonyl (C=O) groups is 3. The molecule has 8 heteroatoms. The van der Waals surface area contributed by atoms with Gasteiger partial charge in [-0.15, -0.1) is 0 Å². The first-order chi connectivity index (χ1) is 14.0. The number of amides is 3. The van der Waals surface area contributed by atoms with Crippen LogP contribution in [0.1, 0.15) is 56.9 Å². The fourth-order valence-electron chi connectivity index (χ4n) is 4.59. The van der Waals surface area contributed by atoms with E-state index in [2.05, 4.69) is 17.3 Å². The number of rotatable bonds is 7. The van der Waals surface area contributed by atoms with E-state index in [0.717, 1.165) is 19.4 Å². The Balaban J connectivity index is 1.70. The van der Waals surface area contributed by atoms with Crippen LogP contribution in [0, 0.1) is 11.8 Å². The van der Waals surface area contributed by atoms with Gasteiger partial charge in [0.1, 0.15) is 5.69 Å². The van der Waals surface area contributed by atoms with Crippen LogP contribution in [0.2, 0.25) is 0 Å². The smallest absolute Gasteiger partial charge is 0.272 e. The second kappa shape index (κ2) is 9.41. The number of aryl methyl sites for hydroxylation is 1. The third kappa shape index (κ3) is 4.62. The summed E-state index contributed by atoms with van der Waals surface area (Å²) in [6.45, 7) is 8.70. The van der Waals surface area contributed by atoms with E-state index in [1.165, 1.54) is 0 Å². The second-order valence-electron chi connectivity index (χ2n) is 8.09. The van der Waals surface area contributed by atoms with Crippen LogP contribution in [0.25, 0.3) is 0 Å². The lowest BCUT2D eigenvalue weighted by Crippen LogP contribution is -2.40. The first-order valence-corrected chi connectivity index (χ1v) is 10.9. The SMILES string of the molecule is CCCCN(CC)C(=O)[C@H]1C[C@@H]2CN(C(=O)c3ccnn3CC)CC(=O)N[C@@H]2C1. The molecule has 3 amide bonds. The Morgan fingerprint density at radius 2 is 2.07 bits per heavy atom. The minimum Gasteiger partial charge on any atom is -0.351 e. The summed E-state index contributed by atoms with van der Waals surface area (Å²) in [5.41, 5.74) is 0.501. The molecule has 160 valence electrons. The summed E-state index contributed by atoms with van der Waals surface area (Å²) in [6.07, 6.45) is 5.04. The molecule has 29 heavy (non-hydrogen) atoms. The first-order valence-electron chi connectivity index (χ1n) is 10.9. The Labute approximate surface area is 172 Å². The topological polar surface area (TPSA) is 87.5 Å². The monoisotopic (exact) mass is 403 g/mol. The number of fused-ring (bicyclic) bond motifs is 1. The number of aromatic nitrogens is 2. The molecule has 1 aliphatic heterocycles. The maximum atomic E-state index is 13.0. The molecule has 0 aromatic carbocycles. The summed E-state index contributed by atoms with van der Waals surface area (Å²) in [7, 11) is 0. The number of carbonyl (C=O) groups excluding carboxylic acids is 3. The van der Waals surface area contributed by atoms with Gasteiger partial charge in [0.2, 0.25) is 11.8 Å². The van der Waals surface area contributed by atoms with Crippen molar-refractivity contribution in [1.82, 2.24) is 24.9 Å². The summed E-state index contributed by atoms with van der Waals surface area (Å²) in [5, 5.41) is 7.22. The van der Waals surface area contributed by atoms with E-state index in [4.69, 9.17) is 0 Å². The molecule has 0 bridgehead atoms. The van der Waals surface area contributed by atoms with Gasteiger partial charge in [0, 0.05) is 44.3 Å². The van der Waals surface area contributed by atoms with Gasteiger partial charge in [-0.1, -0.05) is 13.3 Å². The van der Waals surface area contributed by atoms with Crippen LogP contribution in [0.5, 0.6) is 0 Å². The van der Waals surface area contributed by atoms with Crippen LogP contribution in [0.3, 0.4) is 0 Å². The average Bonchev–Trinajstić information content (AvgIpc) is 3.31. The van der Waals surface area contributed by atoms with Crippen molar-refractivity contribution >= 4 is 17.7 Å². The van der Waals surface area contributed by atoms with Crippen molar-refractivity contribution in [2.24, 2.45) is 11.8 Å². The van der Waals surface area contributed by atoms with Crippen LogP contribution >= 0.6 is 0 Å². The van der Waals surface area contributed by atoms with Crippen molar-refractivity contribution in [1.29, 1.82) is 0 Å². The van der Waals surface area contributed by atoms with Gasteiger partial charge in [-0.05, 0) is 45.1 Å². The molecule has 1 N–H and O–H groups in total. The summed E-state index contributed by atoms with van der Waals surface area (Å²) in [6, 6.07) is 1.65. The van der Waals surface area contributed by atoms with Crippen molar-refractivity contribution in [2.45, 2.75) is 59.0 Å². The number of unbranched alkanes of at least 4 members (excludes halogenated alkanes) is 1. The molecule has 0 radical (unpaired) electrons. The third-order valence-electron chi connectivity index (χ3n) is 6.18. The van der Waals surface area contributed by atoms with Gasteiger partial charge in [-0.25, -0.2) is 0 Å². The predicted octanol–water partition coefficient (Wildman–Crippen LogP) is 1.52. The fraction of sp³-hybridized carbons (Fsp3) is 0.714. The third-order valence-corrected chi connectivity index (χ3v) is 6.18. The van der Waals surface area contributed by atoms with Crippen molar-refractivity contribution in [3.05, 3.63) is 18.0 Å². The van der Waals surface area contributed by atoms with Gasteiger partial charge < -0.3 is 15.1 Å². The highest BCUT2D eigenvalue weighted by Gasteiger charge is 2.43. The van der Waals surface area contributed by atoms with Crippen LogP contribution in [0.15, 0.2) is 12.3 Å². The average molecular weight is 404 g/mol. The molecule has 1 saturated heterocycles. The maximum Gasteiger partial charge on any atom is 0.272 e. The molecule has 1 aromatic heterocycles. The number of hydrogen-bond donors (Lipinski definition) is 1. The molecule has 2 aliphatic rings. The van der Waals surface area contributed by atoms with Crippen LogP contribution in [-0.4, -0.2) is 69.5 Å². The molecule has 0 unspecified atom stereocenters. The van der Waals surface area contributed by atoms with Crippen molar-refractivity contribution in [2.75, 3.05) is 26.2 Å². The largest absolute Gasteiger partial charge is 0.351 e. The molecule has 3 atom stereocenters. The van der Waals surface area contributed by atoms with Gasteiger partial charge in [-0.3, -0.25) is 19.1 Å². The lowest BCUT2D eigenvalue weighted by Gasteiger charge is -2.25. The van der Waals surface area contributed by atoms with E-state index in [-0.39, 0.29) is 42.1 Å². The normalized spacial score (nSPS) is 24.0. The Bertz CT molecular complexity index is 746. The first kappa shape index (κ1) is 21.3. The Kier molecular flexibility index (Phi) is 6.92. The molecule has 1 aromatic rings. The van der Waals surface area contributed by atoms with Crippen LogP contribution in [-0.2, 0) is 16.1 Å². The zero-order valence-electron chi connectivity index (χ0n) is 17.8. The molecule has 1 aliphatic carbocycles. The highest BCUT2D eigenvalue weighted by atomic mass is 16.2. The molecular formula is C21H33N5O3. The molecule has 2 heterocycles. The molecular weight excluding hydrogens is 370 g/mol. The lowest BCUT2D eigenvalue weighted by molar-refractivity contribution is -0.135.